The smallest absolute Gasteiger partial charge is 0.413 e. The highest BCUT2D eigenvalue weighted by atomic mass is 16.6. The number of phenols is 2. The van der Waals surface area contributed by atoms with Crippen LogP contribution in [0.3, 0.4) is 0 Å². The number of fused-ring (bicyclic) bond motifs is 3. The summed E-state index contributed by atoms with van der Waals surface area (Å²) in [6, 6.07) is 15.3. The van der Waals surface area contributed by atoms with Gasteiger partial charge in [-0.25, -0.2) is 29.0 Å². The zero-order chi connectivity index (χ0) is 40.8. The molecule has 0 saturated heterocycles. The second-order valence-corrected chi connectivity index (χ2v) is 11.6. The number of ether oxygens (including phenoxy) is 4. The van der Waals surface area contributed by atoms with Crippen molar-refractivity contribution in [1.82, 2.24) is 9.97 Å². The molecule has 0 aliphatic carbocycles. The number of carbonyl (C=O) groups is 7. The number of carbonyl (C=O) groups excluding carboxylic acids is 5. The van der Waals surface area contributed by atoms with Gasteiger partial charge in [-0.1, -0.05) is 30.3 Å². The first-order valence-electron chi connectivity index (χ1n) is 16.0. The quantitative estimate of drug-likeness (QED) is 0.0369. The van der Waals surface area contributed by atoms with Crippen LogP contribution in [0.25, 0.3) is 11.0 Å². The highest BCUT2D eigenvalue weighted by Crippen LogP contribution is 2.50. The van der Waals surface area contributed by atoms with Gasteiger partial charge in [-0.3, -0.25) is 14.9 Å². The molecule has 5 aromatic rings. The number of aromatic hydroxyl groups is 2. The molecule has 18 nitrogen and oxygen atoms in total. The molecule has 2 heterocycles. The molecule has 6 N–H and O–H groups in total. The number of methoxy groups -OCH3 is 1. The van der Waals surface area contributed by atoms with E-state index in [0.29, 0.717) is 34.3 Å². The number of benzene rings is 4. The van der Waals surface area contributed by atoms with Crippen LogP contribution >= 0.6 is 0 Å². The zero-order valence-electron chi connectivity index (χ0n) is 29.4. The lowest BCUT2D eigenvalue weighted by Crippen LogP contribution is -2.13. The maximum absolute atomic E-state index is 12.9. The van der Waals surface area contributed by atoms with Crippen molar-refractivity contribution in [2.45, 2.75) is 20.5 Å². The minimum Gasteiger partial charge on any atom is -0.507 e. The van der Waals surface area contributed by atoms with Crippen molar-refractivity contribution in [2.24, 2.45) is 0 Å². The monoisotopic (exact) mass is 767 g/mol. The van der Waals surface area contributed by atoms with E-state index in [1.54, 1.807) is 30.3 Å². The average Bonchev–Trinajstić information content (AvgIpc) is 3.49. The number of phenolic OH excluding ortho intramolecular Hbond substituents is 1. The van der Waals surface area contributed by atoms with Gasteiger partial charge >= 0.3 is 30.0 Å². The predicted molar refractivity (Wildman–Crippen MR) is 192 cm³/mol. The summed E-state index contributed by atoms with van der Waals surface area (Å²) in [4.78, 5) is 89.3. The summed E-state index contributed by atoms with van der Waals surface area (Å²) in [5.41, 5.74) is 0.675. The summed E-state index contributed by atoms with van der Waals surface area (Å²) < 4.78 is 20.4. The number of nitrogens with one attached hydrogen (secondary N) is 2. The molecular weight excluding hydrogens is 738 g/mol. The van der Waals surface area contributed by atoms with Crippen LogP contribution in [-0.4, -0.2) is 79.5 Å². The number of H-pyrrole nitrogens is 1. The topological polar surface area (TPSA) is 278 Å². The molecule has 286 valence electrons. The Labute approximate surface area is 314 Å². The van der Waals surface area contributed by atoms with Gasteiger partial charge in [0.15, 0.2) is 29.3 Å². The number of aromatic carboxylic acids is 1. The number of ketones is 1. The normalized spacial score (nSPS) is 11.4. The van der Waals surface area contributed by atoms with Crippen LogP contribution in [0.1, 0.15) is 63.7 Å². The van der Waals surface area contributed by atoms with Gasteiger partial charge in [0.05, 0.1) is 29.3 Å². The highest BCUT2D eigenvalue weighted by Gasteiger charge is 2.36. The van der Waals surface area contributed by atoms with Gasteiger partial charge in [0.1, 0.15) is 29.2 Å². The number of hydrogen-bond donors (Lipinski definition) is 6. The van der Waals surface area contributed by atoms with Gasteiger partial charge in [0.2, 0.25) is 5.95 Å². The molecule has 0 atom stereocenters. The van der Waals surface area contributed by atoms with Crippen molar-refractivity contribution in [2.75, 3.05) is 12.4 Å². The molecular formula is C38H29N3O15. The molecule has 0 saturated carbocycles. The number of nitrogens with zero attached hydrogens (tertiary/aromatic N) is 1. The van der Waals surface area contributed by atoms with Crippen molar-refractivity contribution in [3.8, 4) is 28.7 Å². The highest BCUT2D eigenvalue weighted by molar-refractivity contribution is 6.10. The molecule has 1 aromatic heterocycles. The molecule has 0 bridgehead atoms. The van der Waals surface area contributed by atoms with E-state index >= 15 is 0 Å². The van der Waals surface area contributed by atoms with E-state index < -0.39 is 76.3 Å². The van der Waals surface area contributed by atoms with Crippen LogP contribution in [0.5, 0.6) is 28.7 Å². The minimum atomic E-state index is -1.60. The molecule has 0 radical (unpaired) electrons. The number of carboxylic acids is 2. The second-order valence-electron chi connectivity index (χ2n) is 11.6. The van der Waals surface area contributed by atoms with Crippen molar-refractivity contribution in [3.05, 3.63) is 111 Å². The number of carboxylic acid groups (broad SMARTS) is 2. The molecule has 56 heavy (non-hydrogen) atoms. The number of hydrogen-bond acceptors (Lipinski definition) is 14. The first-order valence-corrected chi connectivity index (χ1v) is 16.0. The molecule has 1 aliphatic rings. The molecule has 18 heteroatoms. The lowest BCUT2D eigenvalue weighted by molar-refractivity contribution is -0.139. The standard InChI is InChI=1S/C22H16O12.C16H13N3O3/c1-8-5-12(24)10(6-23)19-15(8)22(31)34-20-11(7-32-14(27)4-3-13(25)26)17(28)16(21(29)30)9(2)18(20)33-19;1-22-16(21)19-15-17-12-8-7-11(9-13(12)18-15)14(20)10-5-3-2-4-6-10/h3-6,24,28H,7H2,1-2H3,(H,25,26)(H,29,30);2-9H,1H3,(H2,17,18,19,21). The zero-order valence-corrected chi connectivity index (χ0v) is 29.4. The Morgan fingerprint density at radius 3 is 2.27 bits per heavy atom. The maximum atomic E-state index is 12.9. The fraction of sp³-hybridized carbons (Fsp3) is 0.105. The van der Waals surface area contributed by atoms with Crippen molar-refractivity contribution in [3.63, 3.8) is 0 Å². The number of amides is 1. The Hall–Kier alpha value is -8.02. The van der Waals surface area contributed by atoms with Crippen LogP contribution in [0.15, 0.2) is 66.7 Å². The average molecular weight is 768 g/mol. The van der Waals surface area contributed by atoms with Crippen LogP contribution in [-0.2, 0) is 25.7 Å². The first-order chi connectivity index (χ1) is 26.6. The Morgan fingerprint density at radius 1 is 0.911 bits per heavy atom. The molecule has 1 amide bonds. The van der Waals surface area contributed by atoms with E-state index in [-0.39, 0.29) is 40.5 Å². The second kappa shape index (κ2) is 16.3. The maximum Gasteiger partial charge on any atom is 0.413 e. The summed E-state index contributed by atoms with van der Waals surface area (Å²) in [7, 11) is 1.27. The van der Waals surface area contributed by atoms with E-state index in [4.69, 9.17) is 19.3 Å². The summed E-state index contributed by atoms with van der Waals surface area (Å²) in [5, 5.41) is 41.3. The third-order valence-corrected chi connectivity index (χ3v) is 8.06. The summed E-state index contributed by atoms with van der Waals surface area (Å²) in [6.07, 6.45) is 0.693. The first kappa shape index (κ1) is 39.2. The lowest BCUT2D eigenvalue weighted by Gasteiger charge is -2.18. The van der Waals surface area contributed by atoms with Gasteiger partial charge in [-0.15, -0.1) is 0 Å². The van der Waals surface area contributed by atoms with Crippen molar-refractivity contribution >= 4 is 59.0 Å². The number of anilines is 1. The molecule has 0 fully saturated rings. The summed E-state index contributed by atoms with van der Waals surface area (Å²) in [5.74, 6) is -7.71. The molecule has 0 spiro atoms. The molecule has 4 aromatic carbocycles. The Kier molecular flexibility index (Phi) is 11.4. The van der Waals surface area contributed by atoms with Crippen LogP contribution in [0, 0.1) is 13.8 Å². The Bertz CT molecular complexity index is 2490. The number of aldehydes is 1. The third-order valence-electron chi connectivity index (χ3n) is 8.06. The van der Waals surface area contributed by atoms with Crippen LogP contribution in [0.2, 0.25) is 0 Å². The van der Waals surface area contributed by atoms with E-state index in [1.807, 2.05) is 18.2 Å². The van der Waals surface area contributed by atoms with Gasteiger partial charge < -0.3 is 44.4 Å². The number of aryl methyl sites for hydroxylation is 1. The number of esters is 2. The molecule has 1 aliphatic heterocycles. The molecule has 0 unspecified atom stereocenters. The van der Waals surface area contributed by atoms with E-state index in [0.717, 1.165) is 6.07 Å². The Balaban J connectivity index is 0.000000234. The van der Waals surface area contributed by atoms with E-state index in [1.165, 1.54) is 21.0 Å². The fourth-order valence-electron chi connectivity index (χ4n) is 5.43. The number of aliphatic carboxylic acids is 1. The van der Waals surface area contributed by atoms with Gasteiger partial charge in [0, 0.05) is 28.8 Å². The van der Waals surface area contributed by atoms with Crippen LogP contribution < -0.4 is 14.8 Å². The minimum absolute atomic E-state index is 0.0698. The number of aromatic amines is 1. The fourth-order valence-corrected chi connectivity index (χ4v) is 5.43. The Morgan fingerprint density at radius 2 is 1.62 bits per heavy atom. The van der Waals surface area contributed by atoms with E-state index in [9.17, 15) is 48.9 Å². The van der Waals surface area contributed by atoms with Crippen molar-refractivity contribution < 1.29 is 72.9 Å². The van der Waals surface area contributed by atoms with Gasteiger partial charge in [0.25, 0.3) is 0 Å². The van der Waals surface area contributed by atoms with Crippen LogP contribution in [0.4, 0.5) is 10.7 Å². The van der Waals surface area contributed by atoms with Gasteiger partial charge in [-0.05, 0) is 43.7 Å². The van der Waals surface area contributed by atoms with Gasteiger partial charge in [-0.2, -0.15) is 0 Å². The predicted octanol–water partition coefficient (Wildman–Crippen LogP) is 5.21. The number of rotatable bonds is 9. The summed E-state index contributed by atoms with van der Waals surface area (Å²) >= 11 is 0. The molecule has 6 rings (SSSR count). The SMILES string of the molecule is COC(=O)Nc1nc2ccc(C(=O)c3ccccc3)cc2[nH]1.Cc1cc(O)c(C=O)c2c1C(=O)Oc1c(COC(=O)C=CC(=O)O)c(O)c(C(=O)O)c(C)c1O2. The van der Waals surface area contributed by atoms with E-state index in [2.05, 4.69) is 20.0 Å². The lowest BCUT2D eigenvalue weighted by atomic mass is 10.0. The number of aromatic nitrogens is 2. The third kappa shape index (κ3) is 8.13. The summed E-state index contributed by atoms with van der Waals surface area (Å²) in [6.45, 7) is 1.83. The van der Waals surface area contributed by atoms with Crippen molar-refractivity contribution in [1.29, 1.82) is 0 Å². The number of imidazole rings is 1. The largest absolute Gasteiger partial charge is 0.507 e.